The maximum Gasteiger partial charge on any atom is 0.336 e. The van der Waals surface area contributed by atoms with Crippen LogP contribution in [0.2, 0.25) is 0 Å². The SMILES string of the molecule is Cc1ccc(NC(=O)c2cc(C3CC3)[nH]n2)cc1C(=O)O. The number of anilines is 1. The molecule has 0 atom stereocenters. The van der Waals surface area contributed by atoms with Crippen LogP contribution in [-0.2, 0) is 0 Å². The van der Waals surface area contributed by atoms with E-state index in [0.29, 0.717) is 22.9 Å². The molecule has 1 aromatic heterocycles. The van der Waals surface area contributed by atoms with E-state index in [9.17, 15) is 9.59 Å². The number of rotatable bonds is 4. The molecule has 1 heterocycles. The summed E-state index contributed by atoms with van der Waals surface area (Å²) in [6.45, 7) is 1.71. The lowest BCUT2D eigenvalue weighted by molar-refractivity contribution is 0.0695. The third-order valence-electron chi connectivity index (χ3n) is 3.57. The first-order chi connectivity index (χ1) is 10.0. The van der Waals surface area contributed by atoms with Gasteiger partial charge in [-0.1, -0.05) is 6.07 Å². The van der Waals surface area contributed by atoms with Gasteiger partial charge in [0.05, 0.1) is 5.56 Å². The molecule has 0 radical (unpaired) electrons. The number of aryl methyl sites for hydroxylation is 1. The van der Waals surface area contributed by atoms with Crippen molar-refractivity contribution >= 4 is 17.6 Å². The average Bonchev–Trinajstić information content (AvgIpc) is 3.18. The van der Waals surface area contributed by atoms with Gasteiger partial charge >= 0.3 is 5.97 Å². The molecule has 1 aliphatic carbocycles. The summed E-state index contributed by atoms with van der Waals surface area (Å²) in [7, 11) is 0. The standard InChI is InChI=1S/C15H15N3O3/c1-8-2-5-10(6-11(8)15(20)21)16-14(19)13-7-12(17-18-13)9-3-4-9/h2,5-7,9H,3-4H2,1H3,(H,16,19)(H,17,18)(H,20,21). The predicted octanol–water partition coefficient (Wildman–Crippen LogP) is 2.55. The molecule has 108 valence electrons. The van der Waals surface area contributed by atoms with E-state index < -0.39 is 5.97 Å². The van der Waals surface area contributed by atoms with Gasteiger partial charge in [-0.2, -0.15) is 5.10 Å². The van der Waals surface area contributed by atoms with Gasteiger partial charge in [-0.15, -0.1) is 0 Å². The minimum atomic E-state index is -1.01. The van der Waals surface area contributed by atoms with Crippen molar-refractivity contribution in [2.45, 2.75) is 25.7 Å². The lowest BCUT2D eigenvalue weighted by atomic mass is 10.1. The highest BCUT2D eigenvalue weighted by molar-refractivity contribution is 6.03. The highest BCUT2D eigenvalue weighted by Crippen LogP contribution is 2.39. The molecule has 0 saturated heterocycles. The Morgan fingerprint density at radius 2 is 2.10 bits per heavy atom. The maximum absolute atomic E-state index is 12.1. The van der Waals surface area contributed by atoms with E-state index in [2.05, 4.69) is 15.5 Å². The van der Waals surface area contributed by atoms with Crippen LogP contribution in [0.1, 0.15) is 50.9 Å². The lowest BCUT2D eigenvalue weighted by Gasteiger charge is -2.06. The minimum absolute atomic E-state index is 0.175. The highest BCUT2D eigenvalue weighted by atomic mass is 16.4. The molecule has 3 N–H and O–H groups in total. The number of carbonyl (C=O) groups is 2. The largest absolute Gasteiger partial charge is 0.478 e. The summed E-state index contributed by atoms with van der Waals surface area (Å²) >= 11 is 0. The Hall–Kier alpha value is -2.63. The number of carboxylic acids is 1. The predicted molar refractivity (Wildman–Crippen MR) is 76.7 cm³/mol. The van der Waals surface area contributed by atoms with Gasteiger partial charge in [0.15, 0.2) is 5.69 Å². The third-order valence-corrected chi connectivity index (χ3v) is 3.57. The number of benzene rings is 1. The summed E-state index contributed by atoms with van der Waals surface area (Å²) in [5.74, 6) is -0.866. The number of aromatic amines is 1. The molecule has 0 bridgehead atoms. The molecule has 0 spiro atoms. The number of nitrogens with one attached hydrogen (secondary N) is 2. The second kappa shape index (κ2) is 5.05. The molecule has 2 aromatic rings. The van der Waals surface area contributed by atoms with Crippen molar-refractivity contribution in [2.75, 3.05) is 5.32 Å². The van der Waals surface area contributed by atoms with Crippen LogP contribution in [0, 0.1) is 6.92 Å². The Balaban J connectivity index is 1.77. The van der Waals surface area contributed by atoms with Crippen molar-refractivity contribution in [3.63, 3.8) is 0 Å². The second-order valence-electron chi connectivity index (χ2n) is 5.27. The third kappa shape index (κ3) is 2.79. The summed E-state index contributed by atoms with van der Waals surface area (Å²) in [6.07, 6.45) is 2.26. The maximum atomic E-state index is 12.1. The molecule has 1 fully saturated rings. The summed E-state index contributed by atoms with van der Waals surface area (Å²) < 4.78 is 0. The molecule has 1 aliphatic rings. The van der Waals surface area contributed by atoms with Gasteiger partial charge in [-0.3, -0.25) is 9.89 Å². The van der Waals surface area contributed by atoms with Gasteiger partial charge in [0.25, 0.3) is 5.91 Å². The molecule has 0 aliphatic heterocycles. The zero-order valence-corrected chi connectivity index (χ0v) is 11.5. The number of carboxylic acid groups (broad SMARTS) is 1. The van der Waals surface area contributed by atoms with Crippen molar-refractivity contribution in [3.8, 4) is 0 Å². The normalized spacial score (nSPS) is 14.0. The van der Waals surface area contributed by atoms with E-state index in [1.807, 2.05) is 0 Å². The van der Waals surface area contributed by atoms with E-state index in [0.717, 1.165) is 18.5 Å². The summed E-state index contributed by atoms with van der Waals surface area (Å²) in [6, 6.07) is 6.54. The molecule has 6 nitrogen and oxygen atoms in total. The molecular weight excluding hydrogens is 270 g/mol. The number of aromatic carboxylic acids is 1. The zero-order chi connectivity index (χ0) is 15.0. The van der Waals surface area contributed by atoms with Crippen LogP contribution in [0.15, 0.2) is 24.3 Å². The van der Waals surface area contributed by atoms with Crippen LogP contribution >= 0.6 is 0 Å². The quantitative estimate of drug-likeness (QED) is 0.804. The Morgan fingerprint density at radius 3 is 2.76 bits per heavy atom. The Kier molecular flexibility index (Phi) is 3.21. The topological polar surface area (TPSA) is 95.1 Å². The van der Waals surface area contributed by atoms with E-state index >= 15 is 0 Å². The lowest BCUT2D eigenvalue weighted by Crippen LogP contribution is -2.13. The molecule has 21 heavy (non-hydrogen) atoms. The molecule has 1 aromatic carbocycles. The fourth-order valence-corrected chi connectivity index (χ4v) is 2.18. The van der Waals surface area contributed by atoms with Crippen LogP contribution in [0.5, 0.6) is 0 Å². The van der Waals surface area contributed by atoms with E-state index in [4.69, 9.17) is 5.11 Å². The average molecular weight is 285 g/mol. The molecular formula is C15H15N3O3. The fourth-order valence-electron chi connectivity index (χ4n) is 2.18. The monoisotopic (exact) mass is 285 g/mol. The van der Waals surface area contributed by atoms with Crippen LogP contribution in [0.3, 0.4) is 0 Å². The van der Waals surface area contributed by atoms with E-state index in [1.54, 1.807) is 25.1 Å². The van der Waals surface area contributed by atoms with Gasteiger partial charge in [-0.25, -0.2) is 4.79 Å². The van der Waals surface area contributed by atoms with E-state index in [1.165, 1.54) is 6.07 Å². The second-order valence-corrected chi connectivity index (χ2v) is 5.27. The van der Waals surface area contributed by atoms with Crippen molar-refractivity contribution in [1.82, 2.24) is 10.2 Å². The van der Waals surface area contributed by atoms with E-state index in [-0.39, 0.29) is 11.5 Å². The van der Waals surface area contributed by atoms with Crippen molar-refractivity contribution in [1.29, 1.82) is 0 Å². The van der Waals surface area contributed by atoms with Gasteiger partial charge in [0.1, 0.15) is 0 Å². The number of nitrogens with zero attached hydrogens (tertiary/aromatic N) is 1. The van der Waals surface area contributed by atoms with Gasteiger partial charge in [0, 0.05) is 17.3 Å². The Morgan fingerprint density at radius 1 is 1.33 bits per heavy atom. The number of aromatic nitrogens is 2. The number of amides is 1. The number of hydrogen-bond acceptors (Lipinski definition) is 3. The summed E-state index contributed by atoms with van der Waals surface area (Å²) in [5.41, 5.74) is 2.56. The van der Waals surface area contributed by atoms with Crippen molar-refractivity contribution < 1.29 is 14.7 Å². The minimum Gasteiger partial charge on any atom is -0.478 e. The van der Waals surface area contributed by atoms with Gasteiger partial charge < -0.3 is 10.4 Å². The van der Waals surface area contributed by atoms with Crippen LogP contribution in [-0.4, -0.2) is 27.2 Å². The zero-order valence-electron chi connectivity index (χ0n) is 11.5. The van der Waals surface area contributed by atoms with Gasteiger partial charge in [-0.05, 0) is 43.5 Å². The molecule has 6 heteroatoms. The first-order valence-corrected chi connectivity index (χ1v) is 6.75. The Bertz CT molecular complexity index is 717. The molecule has 1 saturated carbocycles. The fraction of sp³-hybridized carbons (Fsp3) is 0.267. The van der Waals surface area contributed by atoms with Crippen LogP contribution in [0.25, 0.3) is 0 Å². The molecule has 1 amide bonds. The van der Waals surface area contributed by atoms with Crippen molar-refractivity contribution in [2.24, 2.45) is 0 Å². The number of hydrogen-bond donors (Lipinski definition) is 3. The Labute approximate surface area is 121 Å². The van der Waals surface area contributed by atoms with Crippen LogP contribution < -0.4 is 5.32 Å². The number of carbonyl (C=O) groups excluding carboxylic acids is 1. The first kappa shape index (κ1) is 13.4. The highest BCUT2D eigenvalue weighted by Gasteiger charge is 2.26. The first-order valence-electron chi connectivity index (χ1n) is 6.75. The molecule has 0 unspecified atom stereocenters. The smallest absolute Gasteiger partial charge is 0.336 e. The number of H-pyrrole nitrogens is 1. The van der Waals surface area contributed by atoms with Crippen molar-refractivity contribution in [3.05, 3.63) is 46.8 Å². The van der Waals surface area contributed by atoms with Crippen LogP contribution in [0.4, 0.5) is 5.69 Å². The summed E-state index contributed by atoms with van der Waals surface area (Å²) in [5, 5.41) is 18.6. The molecule has 3 rings (SSSR count). The summed E-state index contributed by atoms with van der Waals surface area (Å²) in [4.78, 5) is 23.2. The van der Waals surface area contributed by atoms with Gasteiger partial charge in [0.2, 0.25) is 0 Å².